The summed E-state index contributed by atoms with van der Waals surface area (Å²) in [6.45, 7) is 6.70. The van der Waals surface area contributed by atoms with E-state index in [0.717, 1.165) is 24.4 Å². The first-order valence-electron chi connectivity index (χ1n) is 10.8. The lowest BCUT2D eigenvalue weighted by Gasteiger charge is -2.28. The van der Waals surface area contributed by atoms with Crippen molar-refractivity contribution < 1.29 is 14.1 Å². The molecule has 1 N–H and O–H groups in total. The average molecular weight is 420 g/mol. The van der Waals surface area contributed by atoms with Gasteiger partial charge in [0.2, 0.25) is 0 Å². The van der Waals surface area contributed by atoms with Gasteiger partial charge in [0.25, 0.3) is 5.91 Å². The van der Waals surface area contributed by atoms with Gasteiger partial charge in [0.05, 0.1) is 13.2 Å². The molecule has 0 saturated carbocycles. The van der Waals surface area contributed by atoms with Gasteiger partial charge in [-0.25, -0.2) is 0 Å². The lowest BCUT2D eigenvalue weighted by atomic mass is 10.0. The molecule has 6 nitrogen and oxygen atoms in total. The van der Waals surface area contributed by atoms with Crippen molar-refractivity contribution in [3.8, 4) is 17.1 Å². The third-order valence-corrected chi connectivity index (χ3v) is 6.07. The number of aryl methyl sites for hydroxylation is 2. The Bertz CT molecular complexity index is 1040. The van der Waals surface area contributed by atoms with Crippen LogP contribution in [0.4, 0.5) is 0 Å². The SMILES string of the molecule is COc1ccc([C@@H](CNC(=O)c2cc(-c3ccc(C)c(C)c3)on2)N2CCCC2)cc1. The molecule has 4 rings (SSSR count). The van der Waals surface area contributed by atoms with E-state index in [4.69, 9.17) is 9.26 Å². The Balaban J connectivity index is 1.46. The number of amides is 1. The number of hydrogen-bond acceptors (Lipinski definition) is 5. The van der Waals surface area contributed by atoms with Crippen LogP contribution in [0.25, 0.3) is 11.3 Å². The molecule has 2 heterocycles. The van der Waals surface area contributed by atoms with Crippen LogP contribution in [0.5, 0.6) is 5.75 Å². The molecule has 0 spiro atoms. The summed E-state index contributed by atoms with van der Waals surface area (Å²) in [5, 5.41) is 7.05. The molecule has 1 fully saturated rings. The summed E-state index contributed by atoms with van der Waals surface area (Å²) in [5.74, 6) is 1.20. The van der Waals surface area contributed by atoms with Gasteiger partial charge >= 0.3 is 0 Å². The predicted octanol–water partition coefficient (Wildman–Crippen LogP) is 4.53. The topological polar surface area (TPSA) is 67.6 Å². The predicted molar refractivity (Wildman–Crippen MR) is 120 cm³/mol. The lowest BCUT2D eigenvalue weighted by molar-refractivity contribution is 0.0929. The van der Waals surface area contributed by atoms with Crippen LogP contribution in [-0.2, 0) is 0 Å². The molecule has 1 aromatic heterocycles. The second kappa shape index (κ2) is 9.35. The zero-order valence-corrected chi connectivity index (χ0v) is 18.4. The van der Waals surface area contributed by atoms with E-state index in [9.17, 15) is 4.79 Å². The van der Waals surface area contributed by atoms with Crippen LogP contribution >= 0.6 is 0 Å². The maximum absolute atomic E-state index is 12.8. The van der Waals surface area contributed by atoms with Crippen molar-refractivity contribution in [2.75, 3.05) is 26.7 Å². The highest BCUT2D eigenvalue weighted by Gasteiger charge is 2.25. The first-order valence-corrected chi connectivity index (χ1v) is 10.8. The summed E-state index contributed by atoms with van der Waals surface area (Å²) in [4.78, 5) is 15.2. The standard InChI is InChI=1S/C25H29N3O3/c1-17-6-7-20(14-18(17)2)24-15-22(27-31-24)25(29)26-16-23(28-12-4-5-13-28)19-8-10-21(30-3)11-9-19/h6-11,14-15,23H,4-5,12-13,16H2,1-3H3,(H,26,29)/t23-/m1/s1. The number of nitrogens with one attached hydrogen (secondary N) is 1. The maximum atomic E-state index is 12.8. The van der Waals surface area contributed by atoms with Gasteiger partial charge in [-0.05, 0) is 74.7 Å². The minimum atomic E-state index is -0.225. The zero-order valence-electron chi connectivity index (χ0n) is 18.4. The number of benzene rings is 2. The Morgan fingerprint density at radius 3 is 2.52 bits per heavy atom. The summed E-state index contributed by atoms with van der Waals surface area (Å²) < 4.78 is 10.7. The van der Waals surface area contributed by atoms with E-state index in [0.29, 0.717) is 18.0 Å². The van der Waals surface area contributed by atoms with Gasteiger partial charge in [0, 0.05) is 18.2 Å². The fourth-order valence-electron chi connectivity index (χ4n) is 4.03. The van der Waals surface area contributed by atoms with Crippen LogP contribution in [0, 0.1) is 13.8 Å². The average Bonchev–Trinajstić information content (AvgIpc) is 3.49. The van der Waals surface area contributed by atoms with Crippen molar-refractivity contribution in [3.63, 3.8) is 0 Å². The number of aromatic nitrogens is 1. The molecule has 31 heavy (non-hydrogen) atoms. The highest BCUT2D eigenvalue weighted by molar-refractivity contribution is 5.93. The molecule has 1 atom stereocenters. The molecule has 162 valence electrons. The van der Waals surface area contributed by atoms with Gasteiger partial charge in [-0.2, -0.15) is 0 Å². The van der Waals surface area contributed by atoms with Gasteiger partial charge in [0.15, 0.2) is 11.5 Å². The van der Waals surface area contributed by atoms with Crippen LogP contribution in [0.15, 0.2) is 53.1 Å². The van der Waals surface area contributed by atoms with Crippen LogP contribution in [0.1, 0.15) is 46.1 Å². The first-order chi connectivity index (χ1) is 15.0. The van der Waals surface area contributed by atoms with Crippen molar-refractivity contribution in [2.45, 2.75) is 32.7 Å². The molecule has 1 saturated heterocycles. The Labute approximate surface area is 183 Å². The van der Waals surface area contributed by atoms with Crippen molar-refractivity contribution in [1.82, 2.24) is 15.4 Å². The summed E-state index contributed by atoms with van der Waals surface area (Å²) in [6.07, 6.45) is 2.37. The van der Waals surface area contributed by atoms with Gasteiger partial charge < -0.3 is 14.6 Å². The Kier molecular flexibility index (Phi) is 6.37. The van der Waals surface area contributed by atoms with E-state index in [2.05, 4.69) is 41.4 Å². The van der Waals surface area contributed by atoms with Crippen molar-refractivity contribution in [2.24, 2.45) is 0 Å². The van der Waals surface area contributed by atoms with E-state index in [1.807, 2.05) is 30.3 Å². The molecule has 1 aliphatic heterocycles. The van der Waals surface area contributed by atoms with E-state index in [1.54, 1.807) is 13.2 Å². The quantitative estimate of drug-likeness (QED) is 0.609. The monoisotopic (exact) mass is 419 g/mol. The molecule has 2 aromatic carbocycles. The van der Waals surface area contributed by atoms with Crippen molar-refractivity contribution >= 4 is 5.91 Å². The molecule has 1 aliphatic rings. The van der Waals surface area contributed by atoms with Crippen LogP contribution < -0.4 is 10.1 Å². The van der Waals surface area contributed by atoms with E-state index >= 15 is 0 Å². The number of methoxy groups -OCH3 is 1. The van der Waals surface area contributed by atoms with Gasteiger partial charge in [-0.3, -0.25) is 9.69 Å². The molecule has 0 bridgehead atoms. The minimum absolute atomic E-state index is 0.114. The summed E-state index contributed by atoms with van der Waals surface area (Å²) in [5.41, 5.74) is 4.77. The molecular formula is C25H29N3O3. The number of rotatable bonds is 7. The largest absolute Gasteiger partial charge is 0.497 e. The number of ether oxygens (including phenoxy) is 1. The van der Waals surface area contributed by atoms with Gasteiger partial charge in [0.1, 0.15) is 5.75 Å². The summed E-state index contributed by atoms with van der Waals surface area (Å²) in [7, 11) is 1.66. The molecule has 0 aliphatic carbocycles. The Morgan fingerprint density at radius 2 is 1.84 bits per heavy atom. The van der Waals surface area contributed by atoms with Crippen LogP contribution in [-0.4, -0.2) is 42.7 Å². The van der Waals surface area contributed by atoms with Crippen molar-refractivity contribution in [1.29, 1.82) is 0 Å². The molecular weight excluding hydrogens is 390 g/mol. The molecule has 1 amide bonds. The number of carbonyl (C=O) groups excluding carboxylic acids is 1. The smallest absolute Gasteiger partial charge is 0.273 e. The fraction of sp³-hybridized carbons (Fsp3) is 0.360. The minimum Gasteiger partial charge on any atom is -0.497 e. The third-order valence-electron chi connectivity index (χ3n) is 6.07. The number of carbonyl (C=O) groups is 1. The molecule has 6 heteroatoms. The first kappa shape index (κ1) is 21.1. The molecule has 0 radical (unpaired) electrons. The zero-order chi connectivity index (χ0) is 21.8. The van der Waals surface area contributed by atoms with E-state index in [-0.39, 0.29) is 11.9 Å². The van der Waals surface area contributed by atoms with Crippen LogP contribution in [0.3, 0.4) is 0 Å². The fourth-order valence-corrected chi connectivity index (χ4v) is 4.03. The normalized spacial score (nSPS) is 15.1. The van der Waals surface area contributed by atoms with E-state index in [1.165, 1.54) is 29.5 Å². The van der Waals surface area contributed by atoms with Crippen LogP contribution in [0.2, 0.25) is 0 Å². The Hall–Kier alpha value is -3.12. The van der Waals surface area contributed by atoms with Crippen molar-refractivity contribution in [3.05, 3.63) is 70.9 Å². The second-order valence-electron chi connectivity index (χ2n) is 8.12. The molecule has 3 aromatic rings. The number of hydrogen-bond donors (Lipinski definition) is 1. The summed E-state index contributed by atoms with van der Waals surface area (Å²) in [6, 6.07) is 16.0. The Morgan fingerprint density at radius 1 is 1.10 bits per heavy atom. The third kappa shape index (κ3) is 4.80. The highest BCUT2D eigenvalue weighted by atomic mass is 16.5. The molecule has 0 unspecified atom stereocenters. The lowest BCUT2D eigenvalue weighted by Crippen LogP contribution is -2.36. The number of nitrogens with zero attached hydrogens (tertiary/aromatic N) is 2. The number of likely N-dealkylation sites (tertiary alicyclic amines) is 1. The highest BCUT2D eigenvalue weighted by Crippen LogP contribution is 2.27. The van der Waals surface area contributed by atoms with E-state index < -0.39 is 0 Å². The van der Waals surface area contributed by atoms with Gasteiger partial charge in [-0.1, -0.05) is 29.4 Å². The maximum Gasteiger partial charge on any atom is 0.273 e. The second-order valence-corrected chi connectivity index (χ2v) is 8.12. The summed E-state index contributed by atoms with van der Waals surface area (Å²) >= 11 is 0. The van der Waals surface area contributed by atoms with Gasteiger partial charge in [-0.15, -0.1) is 0 Å².